The van der Waals surface area contributed by atoms with Gasteiger partial charge in [0, 0.05) is 7.05 Å². The van der Waals surface area contributed by atoms with Crippen molar-refractivity contribution < 1.29 is 13.9 Å². The Bertz CT molecular complexity index is 1000. The fraction of sp³-hybridized carbons (Fsp3) is 0.176. The summed E-state index contributed by atoms with van der Waals surface area (Å²) in [5, 5.41) is 3.82. The van der Waals surface area contributed by atoms with Gasteiger partial charge in [-0.15, -0.1) is 0 Å². The number of ether oxygens (including phenoxy) is 1. The first kappa shape index (κ1) is 16.1. The Balaban J connectivity index is 2.27. The third-order valence-corrected chi connectivity index (χ3v) is 4.08. The Morgan fingerprint density at radius 2 is 2.08 bits per heavy atom. The summed E-state index contributed by atoms with van der Waals surface area (Å²) >= 11 is 6.24. The highest BCUT2D eigenvalue weighted by molar-refractivity contribution is 6.33. The van der Waals surface area contributed by atoms with E-state index in [1.54, 1.807) is 19.2 Å². The molecule has 0 bridgehead atoms. The number of hydrogen-bond donors (Lipinski definition) is 1. The summed E-state index contributed by atoms with van der Waals surface area (Å²) in [6.07, 6.45) is 1.36. The molecule has 24 heavy (non-hydrogen) atoms. The zero-order valence-corrected chi connectivity index (χ0v) is 14.1. The van der Waals surface area contributed by atoms with Crippen molar-refractivity contribution in [2.45, 2.75) is 6.92 Å². The summed E-state index contributed by atoms with van der Waals surface area (Å²) in [7, 11) is 2.83. The van der Waals surface area contributed by atoms with E-state index in [4.69, 9.17) is 20.8 Å². The van der Waals surface area contributed by atoms with E-state index in [0.717, 1.165) is 5.56 Å². The number of hydrogen-bond acceptors (Lipinski definition) is 5. The molecule has 2 aromatic heterocycles. The van der Waals surface area contributed by atoms with Gasteiger partial charge in [-0.05, 0) is 30.7 Å². The predicted octanol–water partition coefficient (Wildman–Crippen LogP) is 3.62. The molecule has 2 heterocycles. The number of methoxy groups -OCH3 is 1. The van der Waals surface area contributed by atoms with E-state index in [9.17, 15) is 9.59 Å². The lowest BCUT2D eigenvalue weighted by atomic mass is 10.1. The third kappa shape index (κ3) is 2.55. The van der Waals surface area contributed by atoms with Crippen LogP contribution in [0.2, 0.25) is 5.02 Å². The van der Waals surface area contributed by atoms with Gasteiger partial charge in [0.25, 0.3) is 5.56 Å². The first-order valence-corrected chi connectivity index (χ1v) is 7.53. The zero-order chi connectivity index (χ0) is 17.4. The van der Waals surface area contributed by atoms with Crippen LogP contribution >= 0.6 is 11.6 Å². The van der Waals surface area contributed by atoms with Gasteiger partial charge >= 0.3 is 5.97 Å². The molecule has 1 N–H and O–H groups in total. The van der Waals surface area contributed by atoms with Gasteiger partial charge in [0.05, 0.1) is 29.5 Å². The SMILES string of the molecule is COC(=O)c1c(Nc2ccc(C)cc2Cl)n(C)c(=O)c2ccoc12. The number of pyridine rings is 1. The van der Waals surface area contributed by atoms with E-state index in [2.05, 4.69) is 5.32 Å². The second-order valence-electron chi connectivity index (χ2n) is 5.35. The maximum absolute atomic E-state index is 12.5. The van der Waals surface area contributed by atoms with Gasteiger partial charge in [-0.3, -0.25) is 9.36 Å². The van der Waals surface area contributed by atoms with Gasteiger partial charge in [0.2, 0.25) is 0 Å². The molecular formula is C17H15ClN2O4. The molecule has 0 fully saturated rings. The van der Waals surface area contributed by atoms with Crippen LogP contribution in [0, 0.1) is 6.92 Å². The van der Waals surface area contributed by atoms with E-state index in [-0.39, 0.29) is 22.5 Å². The number of esters is 1. The number of aryl methyl sites for hydroxylation is 1. The van der Waals surface area contributed by atoms with Gasteiger partial charge in [0.1, 0.15) is 11.4 Å². The van der Waals surface area contributed by atoms with Crippen LogP contribution in [0.15, 0.2) is 39.7 Å². The van der Waals surface area contributed by atoms with Crippen molar-refractivity contribution in [1.29, 1.82) is 0 Å². The van der Waals surface area contributed by atoms with E-state index in [0.29, 0.717) is 16.1 Å². The summed E-state index contributed by atoms with van der Waals surface area (Å²) in [6, 6.07) is 6.95. The molecular weight excluding hydrogens is 332 g/mol. The molecule has 1 aromatic carbocycles. The number of aromatic nitrogens is 1. The highest BCUT2D eigenvalue weighted by Gasteiger charge is 2.24. The number of carbonyl (C=O) groups excluding carboxylic acids is 1. The van der Waals surface area contributed by atoms with Crippen LogP contribution in [0.1, 0.15) is 15.9 Å². The van der Waals surface area contributed by atoms with E-state index < -0.39 is 5.97 Å². The molecule has 0 aliphatic rings. The Labute approximate surface area is 142 Å². The van der Waals surface area contributed by atoms with Crippen molar-refractivity contribution >= 4 is 40.0 Å². The normalized spacial score (nSPS) is 10.8. The topological polar surface area (TPSA) is 73.5 Å². The standard InChI is InChI=1S/C17H15ClN2O4/c1-9-4-5-12(11(18)8-9)19-15-13(17(22)23-3)14-10(6-7-24-14)16(21)20(15)2/h4-8,19H,1-3H3. The molecule has 0 aliphatic heterocycles. The molecule has 3 rings (SSSR count). The van der Waals surface area contributed by atoms with Crippen LogP contribution in [0.5, 0.6) is 0 Å². The summed E-state index contributed by atoms with van der Waals surface area (Å²) in [5.41, 5.74) is 1.58. The number of fused-ring (bicyclic) bond motifs is 1. The van der Waals surface area contributed by atoms with Crippen molar-refractivity contribution in [3.8, 4) is 0 Å². The molecule has 7 heteroatoms. The lowest BCUT2D eigenvalue weighted by Gasteiger charge is -2.16. The molecule has 0 saturated heterocycles. The number of halogens is 1. The molecule has 0 amide bonds. The fourth-order valence-corrected chi connectivity index (χ4v) is 2.80. The summed E-state index contributed by atoms with van der Waals surface area (Å²) < 4.78 is 11.5. The first-order chi connectivity index (χ1) is 11.4. The maximum atomic E-state index is 12.5. The van der Waals surface area contributed by atoms with Crippen LogP contribution in [0.3, 0.4) is 0 Å². The lowest BCUT2D eigenvalue weighted by molar-refractivity contribution is 0.0602. The number of furan rings is 1. The average molecular weight is 347 g/mol. The van der Waals surface area contributed by atoms with Gasteiger partial charge < -0.3 is 14.5 Å². The predicted molar refractivity (Wildman–Crippen MR) is 92.3 cm³/mol. The zero-order valence-electron chi connectivity index (χ0n) is 13.3. The van der Waals surface area contributed by atoms with E-state index in [1.807, 2.05) is 13.0 Å². The van der Waals surface area contributed by atoms with Gasteiger partial charge in [0.15, 0.2) is 5.58 Å². The number of nitrogens with zero attached hydrogens (tertiary/aromatic N) is 1. The van der Waals surface area contributed by atoms with E-state index >= 15 is 0 Å². The van der Waals surface area contributed by atoms with E-state index in [1.165, 1.54) is 24.0 Å². The fourth-order valence-electron chi connectivity index (χ4n) is 2.52. The minimum absolute atomic E-state index is 0.135. The Hall–Kier alpha value is -2.73. The first-order valence-electron chi connectivity index (χ1n) is 7.15. The van der Waals surface area contributed by atoms with Crippen LogP contribution in [0.4, 0.5) is 11.5 Å². The average Bonchev–Trinajstić information content (AvgIpc) is 3.03. The second-order valence-corrected chi connectivity index (χ2v) is 5.76. The number of nitrogens with one attached hydrogen (secondary N) is 1. The molecule has 0 aliphatic carbocycles. The van der Waals surface area contributed by atoms with Crippen LogP contribution < -0.4 is 10.9 Å². The van der Waals surface area contributed by atoms with Crippen LogP contribution in [-0.4, -0.2) is 17.6 Å². The summed E-state index contributed by atoms with van der Waals surface area (Å²) in [4.78, 5) is 24.7. The molecule has 3 aromatic rings. The number of anilines is 2. The molecule has 6 nitrogen and oxygen atoms in total. The van der Waals surface area contributed by atoms with Gasteiger partial charge in [-0.2, -0.15) is 0 Å². The van der Waals surface area contributed by atoms with Crippen LogP contribution in [-0.2, 0) is 11.8 Å². The highest BCUT2D eigenvalue weighted by atomic mass is 35.5. The Morgan fingerprint density at radius 1 is 1.33 bits per heavy atom. The van der Waals surface area contributed by atoms with Crippen molar-refractivity contribution in [3.05, 3.63) is 57.0 Å². The Morgan fingerprint density at radius 3 is 2.75 bits per heavy atom. The van der Waals surface area contributed by atoms with Gasteiger partial charge in [-0.1, -0.05) is 17.7 Å². The third-order valence-electron chi connectivity index (χ3n) is 3.77. The maximum Gasteiger partial charge on any atom is 0.345 e. The van der Waals surface area contributed by atoms with Crippen molar-refractivity contribution in [3.63, 3.8) is 0 Å². The number of benzene rings is 1. The minimum atomic E-state index is -0.615. The smallest absolute Gasteiger partial charge is 0.345 e. The summed E-state index contributed by atoms with van der Waals surface area (Å²) in [5.74, 6) is -0.365. The molecule has 0 atom stereocenters. The molecule has 0 saturated carbocycles. The minimum Gasteiger partial charge on any atom is -0.465 e. The molecule has 124 valence electrons. The lowest BCUT2D eigenvalue weighted by Crippen LogP contribution is -2.23. The van der Waals surface area contributed by atoms with Crippen molar-refractivity contribution in [2.75, 3.05) is 12.4 Å². The monoisotopic (exact) mass is 346 g/mol. The van der Waals surface area contributed by atoms with Crippen molar-refractivity contribution in [2.24, 2.45) is 7.05 Å². The molecule has 0 unspecified atom stereocenters. The second kappa shape index (κ2) is 6.05. The Kier molecular flexibility index (Phi) is 4.07. The van der Waals surface area contributed by atoms with Crippen molar-refractivity contribution in [1.82, 2.24) is 4.57 Å². The largest absolute Gasteiger partial charge is 0.465 e. The number of rotatable bonds is 3. The quantitative estimate of drug-likeness (QED) is 0.733. The number of carbonyl (C=O) groups is 1. The summed E-state index contributed by atoms with van der Waals surface area (Å²) in [6.45, 7) is 1.92. The molecule has 0 spiro atoms. The van der Waals surface area contributed by atoms with Crippen LogP contribution in [0.25, 0.3) is 11.0 Å². The van der Waals surface area contributed by atoms with Gasteiger partial charge in [-0.25, -0.2) is 4.79 Å². The highest BCUT2D eigenvalue weighted by Crippen LogP contribution is 2.31. The molecule has 0 radical (unpaired) electrons.